The van der Waals surface area contributed by atoms with Crippen LogP contribution in [-0.2, 0) is 0 Å². The highest BCUT2D eigenvalue weighted by atomic mass is 16.3. The fraction of sp³-hybridized carbons (Fsp3) is 0.500. The van der Waals surface area contributed by atoms with Gasteiger partial charge in [0.25, 0.3) is 0 Å². The van der Waals surface area contributed by atoms with Gasteiger partial charge in [-0.25, -0.2) is 0 Å². The number of allylic oxidation sites excluding steroid dienone is 19. The van der Waals surface area contributed by atoms with Crippen LogP contribution in [0, 0.1) is 22.7 Å². The van der Waals surface area contributed by atoms with Crippen LogP contribution in [0.4, 0.5) is 0 Å². The highest BCUT2D eigenvalue weighted by Crippen LogP contribution is 2.51. The average Bonchev–Trinajstić information content (AvgIpc) is 3.30. The van der Waals surface area contributed by atoms with Gasteiger partial charge < -0.3 is 10.2 Å². The molecule has 3 aliphatic rings. The van der Waals surface area contributed by atoms with Crippen molar-refractivity contribution in [3.63, 3.8) is 0 Å². The van der Waals surface area contributed by atoms with Crippen molar-refractivity contribution in [2.24, 2.45) is 22.7 Å². The first-order valence-electron chi connectivity index (χ1n) is 15.9. The highest BCUT2D eigenvalue weighted by Gasteiger charge is 2.41. The van der Waals surface area contributed by atoms with Crippen molar-refractivity contribution >= 4 is 0 Å². The van der Waals surface area contributed by atoms with Crippen molar-refractivity contribution in [3.05, 3.63) is 118 Å². The van der Waals surface area contributed by atoms with E-state index in [4.69, 9.17) is 0 Å². The molecule has 3 rings (SSSR count). The van der Waals surface area contributed by atoms with E-state index >= 15 is 0 Å². The molecule has 228 valence electrons. The third-order valence-corrected chi connectivity index (χ3v) is 9.28. The average molecular weight is 569 g/mol. The minimum atomic E-state index is -0.224. The van der Waals surface area contributed by atoms with Crippen molar-refractivity contribution in [1.29, 1.82) is 0 Å². The summed E-state index contributed by atoms with van der Waals surface area (Å²) >= 11 is 0. The van der Waals surface area contributed by atoms with Crippen molar-refractivity contribution in [2.45, 2.75) is 107 Å². The van der Waals surface area contributed by atoms with Crippen molar-refractivity contribution in [2.75, 3.05) is 0 Å². The normalized spacial score (nSPS) is 29.5. The topological polar surface area (TPSA) is 40.5 Å². The van der Waals surface area contributed by atoms with Crippen LogP contribution in [0.3, 0.4) is 0 Å². The maximum absolute atomic E-state index is 10.3. The summed E-state index contributed by atoms with van der Waals surface area (Å²) in [6, 6.07) is 0. The zero-order valence-corrected chi connectivity index (χ0v) is 27.7. The molecule has 2 nitrogen and oxygen atoms in total. The van der Waals surface area contributed by atoms with E-state index in [1.165, 1.54) is 33.4 Å². The molecule has 0 saturated heterocycles. The van der Waals surface area contributed by atoms with E-state index in [-0.39, 0.29) is 23.0 Å². The van der Waals surface area contributed by atoms with Gasteiger partial charge >= 0.3 is 0 Å². The van der Waals surface area contributed by atoms with E-state index in [2.05, 4.69) is 141 Å². The summed E-state index contributed by atoms with van der Waals surface area (Å²) in [5.74, 6) is 1.02. The van der Waals surface area contributed by atoms with E-state index in [1.54, 1.807) is 5.57 Å². The Kier molecular flexibility index (Phi) is 11.8. The monoisotopic (exact) mass is 568 g/mol. The Bertz CT molecular complexity index is 1280. The smallest absolute Gasteiger partial charge is 0.0585 e. The van der Waals surface area contributed by atoms with Gasteiger partial charge in [0.15, 0.2) is 0 Å². The summed E-state index contributed by atoms with van der Waals surface area (Å²) < 4.78 is 0. The van der Waals surface area contributed by atoms with Gasteiger partial charge in [0.05, 0.1) is 12.2 Å². The lowest BCUT2D eigenvalue weighted by Gasteiger charge is -2.39. The maximum atomic E-state index is 10.3. The molecule has 1 fully saturated rings. The predicted octanol–water partition coefficient (Wildman–Crippen LogP) is 10.2. The molecule has 42 heavy (non-hydrogen) atoms. The number of fused-ring (bicyclic) bond motifs is 1. The second-order valence-corrected chi connectivity index (χ2v) is 14.4. The third kappa shape index (κ3) is 9.68. The van der Waals surface area contributed by atoms with Crippen LogP contribution in [0.2, 0.25) is 0 Å². The van der Waals surface area contributed by atoms with Crippen LogP contribution in [0.1, 0.15) is 94.4 Å². The molecule has 0 heterocycles. The van der Waals surface area contributed by atoms with E-state index in [1.807, 2.05) is 0 Å². The lowest BCUT2D eigenvalue weighted by molar-refractivity contribution is 0.0742. The van der Waals surface area contributed by atoms with Crippen molar-refractivity contribution in [1.82, 2.24) is 0 Å². The van der Waals surface area contributed by atoms with Crippen LogP contribution >= 0.6 is 0 Å². The minimum absolute atomic E-state index is 0.00807. The molecular weight excluding hydrogens is 512 g/mol. The molecule has 1 saturated carbocycles. The summed E-state index contributed by atoms with van der Waals surface area (Å²) in [5, 5.41) is 20.4. The lowest BCUT2D eigenvalue weighted by Crippen LogP contribution is -2.32. The van der Waals surface area contributed by atoms with Crippen LogP contribution in [-0.4, -0.2) is 22.4 Å². The van der Waals surface area contributed by atoms with Gasteiger partial charge in [-0.3, -0.25) is 0 Å². The number of hydrogen-bond donors (Lipinski definition) is 2. The largest absolute Gasteiger partial charge is 0.393 e. The summed E-state index contributed by atoms with van der Waals surface area (Å²) in [6.45, 7) is 19.8. The molecule has 0 radical (unpaired) electrons. The Hall–Kier alpha value is -2.68. The van der Waals surface area contributed by atoms with Gasteiger partial charge in [0, 0.05) is 0 Å². The zero-order chi connectivity index (χ0) is 31.1. The van der Waals surface area contributed by atoms with E-state index < -0.39 is 0 Å². The second-order valence-electron chi connectivity index (χ2n) is 14.4. The molecule has 0 amide bonds. The van der Waals surface area contributed by atoms with Crippen LogP contribution in [0.25, 0.3) is 0 Å². The predicted molar refractivity (Wildman–Crippen MR) is 182 cm³/mol. The van der Waals surface area contributed by atoms with E-state index in [9.17, 15) is 10.2 Å². The molecule has 2 heteroatoms. The molecule has 4 unspecified atom stereocenters. The molecule has 2 N–H and O–H groups in total. The molecule has 4 atom stereocenters. The second kappa shape index (κ2) is 14.7. The fourth-order valence-electron chi connectivity index (χ4n) is 7.09. The van der Waals surface area contributed by atoms with Gasteiger partial charge in [-0.1, -0.05) is 140 Å². The minimum Gasteiger partial charge on any atom is -0.393 e. The number of hydrogen-bond acceptors (Lipinski definition) is 2. The number of aliphatic hydroxyl groups excluding tert-OH is 2. The zero-order valence-electron chi connectivity index (χ0n) is 27.7. The molecule has 0 bridgehead atoms. The highest BCUT2D eigenvalue weighted by molar-refractivity contribution is 5.38. The Morgan fingerprint density at radius 1 is 0.714 bits per heavy atom. The lowest BCUT2D eigenvalue weighted by atomic mass is 9.68. The summed E-state index contributed by atoms with van der Waals surface area (Å²) in [6.07, 6.45) is 32.5. The number of rotatable bonds is 9. The SMILES string of the molecule is CC(C=CC1=C(C)CC(O)CC1(C)C)=CC=CC(C)=C/C=C/C=C(C)/C=C/C=C(\C)C1C=C2C(CC(O)CC2(C)C)C1. The Morgan fingerprint density at radius 2 is 1.26 bits per heavy atom. The van der Waals surface area contributed by atoms with Gasteiger partial charge in [0.1, 0.15) is 0 Å². The van der Waals surface area contributed by atoms with Crippen LogP contribution in [0.15, 0.2) is 118 Å². The fourth-order valence-corrected chi connectivity index (χ4v) is 7.09. The maximum Gasteiger partial charge on any atom is 0.0585 e. The molecule has 0 aromatic carbocycles. The van der Waals surface area contributed by atoms with Crippen molar-refractivity contribution < 1.29 is 10.2 Å². The molecule has 0 spiro atoms. The van der Waals surface area contributed by atoms with Gasteiger partial charge in [-0.05, 0) is 95.0 Å². The first-order valence-corrected chi connectivity index (χ1v) is 15.9. The number of aliphatic hydroxyl groups is 2. The molecule has 0 aromatic heterocycles. The molecular formula is C40H56O2. The molecule has 0 aliphatic heterocycles. The Labute approximate surface area is 257 Å². The van der Waals surface area contributed by atoms with E-state index in [0.29, 0.717) is 11.8 Å². The summed E-state index contributed by atoms with van der Waals surface area (Å²) in [4.78, 5) is 0. The van der Waals surface area contributed by atoms with Crippen LogP contribution < -0.4 is 0 Å². The van der Waals surface area contributed by atoms with Crippen molar-refractivity contribution in [3.8, 4) is 0 Å². The van der Waals surface area contributed by atoms with Gasteiger partial charge in [-0.2, -0.15) is 0 Å². The summed E-state index contributed by atoms with van der Waals surface area (Å²) in [5.41, 5.74) is 9.34. The van der Waals surface area contributed by atoms with Gasteiger partial charge in [0.2, 0.25) is 0 Å². The standard InChI is InChI=1S/C40H56O2/c1-28(16-12-17-30(3)20-21-37-32(5)22-35(41)26-39(37,6)7)14-10-11-15-29(2)18-13-19-31(4)33-23-34-24-36(42)27-40(8,9)38(34)25-33/h10-21,25,33-36,41-42H,22-24,26-27H2,1-9H3/b11-10+,16-12?,18-13+,21-20?,28-14?,29-15+,30-17?,31-19+. The van der Waals surface area contributed by atoms with Gasteiger partial charge in [-0.15, -0.1) is 0 Å². The Morgan fingerprint density at radius 3 is 1.88 bits per heavy atom. The quantitative estimate of drug-likeness (QED) is 0.215. The third-order valence-electron chi connectivity index (χ3n) is 9.28. The first-order chi connectivity index (χ1) is 19.7. The van der Waals surface area contributed by atoms with E-state index in [0.717, 1.165) is 32.1 Å². The first kappa shape index (κ1) is 33.8. The Balaban J connectivity index is 1.50. The molecule has 3 aliphatic carbocycles. The molecule has 0 aromatic rings. The summed E-state index contributed by atoms with van der Waals surface area (Å²) in [7, 11) is 0. The van der Waals surface area contributed by atoms with Crippen LogP contribution in [0.5, 0.6) is 0 Å².